The van der Waals surface area contributed by atoms with Gasteiger partial charge in [-0.05, 0) is 24.5 Å². The molecule has 1 N–H and O–H groups in total. The maximum absolute atomic E-state index is 11.0. The van der Waals surface area contributed by atoms with E-state index in [0.29, 0.717) is 18.3 Å². The fourth-order valence-corrected chi connectivity index (χ4v) is 2.49. The van der Waals surface area contributed by atoms with Crippen molar-refractivity contribution >= 4 is 23.4 Å². The van der Waals surface area contributed by atoms with E-state index in [0.717, 1.165) is 13.0 Å². The molecule has 1 aliphatic heterocycles. The maximum atomic E-state index is 11.0. The number of rotatable bonds is 3. The number of anilines is 1. The average Bonchev–Trinajstić information content (AvgIpc) is 2.39. The summed E-state index contributed by atoms with van der Waals surface area (Å²) in [5, 5.41) is 9.20. The van der Waals surface area contributed by atoms with Gasteiger partial charge in [-0.2, -0.15) is 0 Å². The number of methoxy groups -OCH3 is 1. The van der Waals surface area contributed by atoms with E-state index in [1.807, 2.05) is 4.90 Å². The second kappa shape index (κ2) is 5.75. The van der Waals surface area contributed by atoms with Crippen molar-refractivity contribution in [2.75, 3.05) is 25.1 Å². The molecule has 6 heteroatoms. The van der Waals surface area contributed by atoms with E-state index >= 15 is 0 Å². The van der Waals surface area contributed by atoms with Gasteiger partial charge in [-0.1, -0.05) is 18.5 Å². The van der Waals surface area contributed by atoms with Crippen LogP contribution < -0.4 is 4.90 Å². The van der Waals surface area contributed by atoms with Crippen molar-refractivity contribution in [3.8, 4) is 0 Å². The van der Waals surface area contributed by atoms with E-state index in [4.69, 9.17) is 21.4 Å². The minimum absolute atomic E-state index is 0.105. The first-order valence-electron chi connectivity index (χ1n) is 6.20. The Morgan fingerprint density at radius 1 is 1.58 bits per heavy atom. The third kappa shape index (κ3) is 2.98. The second-order valence-corrected chi connectivity index (χ2v) is 5.20. The summed E-state index contributed by atoms with van der Waals surface area (Å²) in [6, 6.07) is 3.32. The standard InChI is InChI=1S/C13H17ClN2O3/c1-8-5-6-16(7-10(8)19-2)11-4-3-9(14)12(15-11)13(17)18/h3-4,8,10H,5-7H2,1-2H3,(H,17,18). The molecular weight excluding hydrogens is 268 g/mol. The Morgan fingerprint density at radius 2 is 2.32 bits per heavy atom. The molecule has 19 heavy (non-hydrogen) atoms. The van der Waals surface area contributed by atoms with Crippen LogP contribution >= 0.6 is 11.6 Å². The first-order valence-corrected chi connectivity index (χ1v) is 6.58. The quantitative estimate of drug-likeness (QED) is 0.923. The van der Waals surface area contributed by atoms with Crippen molar-refractivity contribution in [1.29, 1.82) is 0 Å². The van der Waals surface area contributed by atoms with Crippen LogP contribution in [0, 0.1) is 5.92 Å². The van der Waals surface area contributed by atoms with Gasteiger partial charge in [0.15, 0.2) is 5.69 Å². The molecule has 0 bridgehead atoms. The number of carbonyl (C=O) groups is 1. The highest BCUT2D eigenvalue weighted by molar-refractivity contribution is 6.33. The predicted molar refractivity (Wildman–Crippen MR) is 73.0 cm³/mol. The van der Waals surface area contributed by atoms with Crippen molar-refractivity contribution < 1.29 is 14.6 Å². The highest BCUT2D eigenvalue weighted by Gasteiger charge is 2.27. The highest BCUT2D eigenvalue weighted by atomic mass is 35.5. The van der Waals surface area contributed by atoms with Gasteiger partial charge in [0.2, 0.25) is 0 Å². The van der Waals surface area contributed by atoms with Crippen LogP contribution in [0.3, 0.4) is 0 Å². The first kappa shape index (κ1) is 14.1. The second-order valence-electron chi connectivity index (χ2n) is 4.79. The summed E-state index contributed by atoms with van der Waals surface area (Å²) in [5.41, 5.74) is -0.105. The van der Waals surface area contributed by atoms with Gasteiger partial charge in [0.25, 0.3) is 0 Å². The largest absolute Gasteiger partial charge is 0.476 e. The monoisotopic (exact) mass is 284 g/mol. The lowest BCUT2D eigenvalue weighted by molar-refractivity contribution is 0.0496. The van der Waals surface area contributed by atoms with E-state index in [1.54, 1.807) is 19.2 Å². The molecular formula is C13H17ClN2O3. The molecule has 0 saturated carbocycles. The topological polar surface area (TPSA) is 62.7 Å². The van der Waals surface area contributed by atoms with Crippen molar-refractivity contribution in [2.45, 2.75) is 19.4 Å². The third-order valence-corrected chi connectivity index (χ3v) is 3.85. The molecule has 104 valence electrons. The Hall–Kier alpha value is -1.33. The zero-order chi connectivity index (χ0) is 14.0. The Kier molecular flexibility index (Phi) is 4.27. The Balaban J connectivity index is 2.22. The Bertz CT molecular complexity index is 481. The predicted octanol–water partition coefficient (Wildman–Crippen LogP) is 2.29. The normalized spacial score (nSPS) is 23.4. The van der Waals surface area contributed by atoms with Crippen molar-refractivity contribution in [3.05, 3.63) is 22.8 Å². The van der Waals surface area contributed by atoms with Crippen molar-refractivity contribution in [2.24, 2.45) is 5.92 Å². The fraction of sp³-hybridized carbons (Fsp3) is 0.538. The minimum Gasteiger partial charge on any atom is -0.476 e. The van der Waals surface area contributed by atoms with Gasteiger partial charge < -0.3 is 14.7 Å². The number of carboxylic acids is 1. The van der Waals surface area contributed by atoms with Crippen LogP contribution in [0.25, 0.3) is 0 Å². The molecule has 1 aliphatic rings. The van der Waals surface area contributed by atoms with Crippen molar-refractivity contribution in [3.63, 3.8) is 0 Å². The molecule has 2 unspecified atom stereocenters. The first-order chi connectivity index (χ1) is 9.02. The molecule has 0 spiro atoms. The zero-order valence-electron chi connectivity index (χ0n) is 11.0. The van der Waals surface area contributed by atoms with Crippen LogP contribution in [0.1, 0.15) is 23.8 Å². The molecule has 1 aromatic heterocycles. The molecule has 1 saturated heterocycles. The van der Waals surface area contributed by atoms with Crippen LogP contribution in [0.15, 0.2) is 12.1 Å². The molecule has 0 aromatic carbocycles. The number of piperidine rings is 1. The number of ether oxygens (including phenoxy) is 1. The molecule has 5 nitrogen and oxygen atoms in total. The fourth-order valence-electron chi connectivity index (χ4n) is 2.31. The lowest BCUT2D eigenvalue weighted by atomic mass is 9.96. The van der Waals surface area contributed by atoms with Gasteiger partial charge in [-0.25, -0.2) is 9.78 Å². The van der Waals surface area contributed by atoms with Gasteiger partial charge >= 0.3 is 5.97 Å². The summed E-state index contributed by atoms with van der Waals surface area (Å²) in [6.45, 7) is 3.71. The summed E-state index contributed by atoms with van der Waals surface area (Å²) in [7, 11) is 1.70. The molecule has 2 rings (SSSR count). The van der Waals surface area contributed by atoms with Gasteiger partial charge in [-0.15, -0.1) is 0 Å². The molecule has 1 fully saturated rings. The van der Waals surface area contributed by atoms with E-state index in [1.165, 1.54) is 0 Å². The lowest BCUT2D eigenvalue weighted by Gasteiger charge is -2.37. The zero-order valence-corrected chi connectivity index (χ0v) is 11.7. The molecule has 0 radical (unpaired) electrons. The van der Waals surface area contributed by atoms with Crippen LogP contribution in [0.5, 0.6) is 0 Å². The van der Waals surface area contributed by atoms with Crippen LogP contribution in [-0.2, 0) is 4.74 Å². The summed E-state index contributed by atoms with van der Waals surface area (Å²) in [4.78, 5) is 17.2. The smallest absolute Gasteiger partial charge is 0.356 e. The number of carboxylic acid groups (broad SMARTS) is 1. The molecule has 1 aromatic rings. The number of aromatic carboxylic acids is 1. The Labute approximate surface area is 117 Å². The van der Waals surface area contributed by atoms with Crippen LogP contribution in [0.2, 0.25) is 5.02 Å². The third-order valence-electron chi connectivity index (χ3n) is 3.55. The molecule has 0 amide bonds. The van der Waals surface area contributed by atoms with Crippen molar-refractivity contribution in [1.82, 2.24) is 4.98 Å². The minimum atomic E-state index is -1.11. The van der Waals surface area contributed by atoms with E-state index in [2.05, 4.69) is 11.9 Å². The lowest BCUT2D eigenvalue weighted by Crippen LogP contribution is -2.44. The maximum Gasteiger partial charge on any atom is 0.356 e. The number of pyridine rings is 1. The molecule has 0 aliphatic carbocycles. The highest BCUT2D eigenvalue weighted by Crippen LogP contribution is 2.25. The van der Waals surface area contributed by atoms with E-state index < -0.39 is 5.97 Å². The summed E-state index contributed by atoms with van der Waals surface area (Å²) >= 11 is 5.82. The molecule has 2 heterocycles. The summed E-state index contributed by atoms with van der Waals surface area (Å²) in [6.07, 6.45) is 1.13. The van der Waals surface area contributed by atoms with Gasteiger partial charge in [0.05, 0.1) is 11.1 Å². The SMILES string of the molecule is COC1CN(c2ccc(Cl)c(C(=O)O)n2)CCC1C. The number of hydrogen-bond donors (Lipinski definition) is 1. The number of hydrogen-bond acceptors (Lipinski definition) is 4. The van der Waals surface area contributed by atoms with Crippen LogP contribution in [0.4, 0.5) is 5.82 Å². The number of halogens is 1. The Morgan fingerprint density at radius 3 is 2.95 bits per heavy atom. The van der Waals surface area contributed by atoms with E-state index in [9.17, 15) is 4.79 Å². The number of nitrogens with zero attached hydrogens (tertiary/aromatic N) is 2. The van der Waals surface area contributed by atoms with Gasteiger partial charge in [-0.3, -0.25) is 0 Å². The average molecular weight is 285 g/mol. The summed E-state index contributed by atoms with van der Waals surface area (Å²) < 4.78 is 5.44. The van der Waals surface area contributed by atoms with Gasteiger partial charge in [0.1, 0.15) is 5.82 Å². The van der Waals surface area contributed by atoms with Gasteiger partial charge in [0, 0.05) is 20.2 Å². The van der Waals surface area contributed by atoms with Crippen LogP contribution in [-0.4, -0.2) is 42.4 Å². The summed E-state index contributed by atoms with van der Waals surface area (Å²) in [5.74, 6) is 0.0174. The van der Waals surface area contributed by atoms with E-state index in [-0.39, 0.29) is 16.8 Å². The molecule has 2 atom stereocenters. The number of aromatic nitrogens is 1.